The minimum absolute atomic E-state index is 0.0872. The van der Waals surface area contributed by atoms with Crippen molar-refractivity contribution in [1.29, 1.82) is 0 Å². The zero-order chi connectivity index (χ0) is 15.6. The molecular weight excluding hydrogens is 296 g/mol. The second-order valence-corrected chi connectivity index (χ2v) is 6.66. The van der Waals surface area contributed by atoms with Crippen molar-refractivity contribution in [1.82, 2.24) is 4.72 Å². The SMILES string of the molecule is Cc1cc(C)cc(CNS(=O)(=O)c2ccc(F)c(F)c2)c1. The predicted octanol–water partition coefficient (Wildman–Crippen LogP) is 3.06. The summed E-state index contributed by atoms with van der Waals surface area (Å²) < 4.78 is 52.4. The van der Waals surface area contributed by atoms with E-state index in [0.717, 1.165) is 28.8 Å². The van der Waals surface area contributed by atoms with Gasteiger partial charge in [-0.15, -0.1) is 0 Å². The molecule has 2 aromatic carbocycles. The van der Waals surface area contributed by atoms with E-state index >= 15 is 0 Å². The van der Waals surface area contributed by atoms with Crippen molar-refractivity contribution in [2.75, 3.05) is 0 Å². The summed E-state index contributed by atoms with van der Waals surface area (Å²) >= 11 is 0. The van der Waals surface area contributed by atoms with Crippen molar-refractivity contribution in [3.63, 3.8) is 0 Å². The summed E-state index contributed by atoms with van der Waals surface area (Å²) in [6.07, 6.45) is 0. The van der Waals surface area contributed by atoms with Crippen LogP contribution in [0.3, 0.4) is 0 Å². The summed E-state index contributed by atoms with van der Waals surface area (Å²) in [6, 6.07) is 8.19. The average molecular weight is 311 g/mol. The number of hydrogen-bond acceptors (Lipinski definition) is 2. The Balaban J connectivity index is 2.19. The van der Waals surface area contributed by atoms with E-state index in [4.69, 9.17) is 0 Å². The van der Waals surface area contributed by atoms with Crippen LogP contribution in [-0.2, 0) is 16.6 Å². The lowest BCUT2D eigenvalue weighted by Gasteiger charge is -2.09. The third-order valence-corrected chi connectivity index (χ3v) is 4.35. The van der Waals surface area contributed by atoms with Crippen LogP contribution >= 0.6 is 0 Å². The van der Waals surface area contributed by atoms with Gasteiger partial charge in [0.2, 0.25) is 10.0 Å². The molecular formula is C15H15F2NO2S. The van der Waals surface area contributed by atoms with Gasteiger partial charge in [0, 0.05) is 6.54 Å². The van der Waals surface area contributed by atoms with Gasteiger partial charge < -0.3 is 0 Å². The standard InChI is InChI=1S/C15H15F2NO2S/c1-10-5-11(2)7-12(6-10)9-18-21(19,20)13-3-4-14(16)15(17)8-13/h3-8,18H,9H2,1-2H3. The zero-order valence-corrected chi connectivity index (χ0v) is 12.5. The van der Waals surface area contributed by atoms with Crippen LogP contribution in [0.25, 0.3) is 0 Å². The quantitative estimate of drug-likeness (QED) is 0.943. The molecule has 2 aromatic rings. The van der Waals surface area contributed by atoms with Gasteiger partial charge in [-0.2, -0.15) is 0 Å². The van der Waals surface area contributed by atoms with E-state index < -0.39 is 21.7 Å². The van der Waals surface area contributed by atoms with Crippen molar-refractivity contribution in [2.24, 2.45) is 0 Å². The minimum atomic E-state index is -3.88. The van der Waals surface area contributed by atoms with Gasteiger partial charge in [0.1, 0.15) is 0 Å². The molecule has 6 heteroatoms. The van der Waals surface area contributed by atoms with E-state index in [1.165, 1.54) is 0 Å². The first kappa shape index (κ1) is 15.6. The molecule has 0 spiro atoms. The maximum atomic E-state index is 13.1. The number of nitrogens with one attached hydrogen (secondary N) is 1. The molecule has 0 aliphatic rings. The monoisotopic (exact) mass is 311 g/mol. The largest absolute Gasteiger partial charge is 0.240 e. The van der Waals surface area contributed by atoms with Gasteiger partial charge >= 0.3 is 0 Å². The normalized spacial score (nSPS) is 11.6. The van der Waals surface area contributed by atoms with Crippen LogP contribution in [0, 0.1) is 25.5 Å². The Labute approximate surface area is 122 Å². The Bertz CT molecular complexity index is 753. The molecule has 112 valence electrons. The van der Waals surface area contributed by atoms with Gasteiger partial charge in [-0.3, -0.25) is 0 Å². The first-order valence-corrected chi connectivity index (χ1v) is 7.78. The lowest BCUT2D eigenvalue weighted by Crippen LogP contribution is -2.23. The first-order chi connectivity index (χ1) is 9.78. The third-order valence-electron chi connectivity index (χ3n) is 2.95. The molecule has 0 aliphatic heterocycles. The highest BCUT2D eigenvalue weighted by Crippen LogP contribution is 2.15. The number of sulfonamides is 1. The van der Waals surface area contributed by atoms with Crippen LogP contribution in [0.1, 0.15) is 16.7 Å². The Kier molecular flexibility index (Phi) is 4.39. The van der Waals surface area contributed by atoms with Crippen LogP contribution in [0.4, 0.5) is 8.78 Å². The van der Waals surface area contributed by atoms with Crippen LogP contribution < -0.4 is 4.72 Å². The highest BCUT2D eigenvalue weighted by Gasteiger charge is 2.16. The van der Waals surface area contributed by atoms with E-state index in [2.05, 4.69) is 4.72 Å². The minimum Gasteiger partial charge on any atom is -0.207 e. The average Bonchev–Trinajstić information content (AvgIpc) is 2.38. The molecule has 0 saturated carbocycles. The van der Waals surface area contributed by atoms with Crippen LogP contribution in [0.5, 0.6) is 0 Å². The second-order valence-electron chi connectivity index (χ2n) is 4.90. The molecule has 1 N–H and O–H groups in total. The lowest BCUT2D eigenvalue weighted by molar-refractivity contribution is 0.504. The smallest absolute Gasteiger partial charge is 0.207 e. The molecule has 0 amide bonds. The molecule has 0 bridgehead atoms. The van der Waals surface area contributed by atoms with E-state index in [-0.39, 0.29) is 11.4 Å². The van der Waals surface area contributed by atoms with Crippen LogP contribution in [0.2, 0.25) is 0 Å². The molecule has 0 unspecified atom stereocenters. The Morgan fingerprint density at radius 1 is 0.952 bits per heavy atom. The summed E-state index contributed by atoms with van der Waals surface area (Å²) in [6.45, 7) is 3.92. The van der Waals surface area contributed by atoms with Crippen LogP contribution in [0.15, 0.2) is 41.3 Å². The van der Waals surface area contributed by atoms with E-state index in [1.807, 2.05) is 32.0 Å². The van der Waals surface area contributed by atoms with Gasteiger partial charge in [-0.1, -0.05) is 29.3 Å². The fourth-order valence-electron chi connectivity index (χ4n) is 2.08. The number of aryl methyl sites for hydroxylation is 2. The maximum absolute atomic E-state index is 13.1. The topological polar surface area (TPSA) is 46.2 Å². The Morgan fingerprint density at radius 2 is 1.57 bits per heavy atom. The number of hydrogen-bond donors (Lipinski definition) is 1. The number of halogens is 2. The summed E-state index contributed by atoms with van der Waals surface area (Å²) in [5.74, 6) is -2.27. The molecule has 0 fully saturated rings. The fraction of sp³-hybridized carbons (Fsp3) is 0.200. The van der Waals surface area contributed by atoms with E-state index in [9.17, 15) is 17.2 Å². The summed E-state index contributed by atoms with van der Waals surface area (Å²) in [7, 11) is -3.88. The molecule has 21 heavy (non-hydrogen) atoms. The van der Waals surface area contributed by atoms with Gasteiger partial charge in [0.25, 0.3) is 0 Å². The van der Waals surface area contributed by atoms with Crippen molar-refractivity contribution in [2.45, 2.75) is 25.3 Å². The van der Waals surface area contributed by atoms with Gasteiger partial charge in [-0.25, -0.2) is 21.9 Å². The van der Waals surface area contributed by atoms with Crippen molar-refractivity contribution in [3.05, 3.63) is 64.7 Å². The summed E-state index contributed by atoms with van der Waals surface area (Å²) in [5, 5.41) is 0. The fourth-order valence-corrected chi connectivity index (χ4v) is 3.11. The highest BCUT2D eigenvalue weighted by molar-refractivity contribution is 7.89. The molecule has 0 atom stereocenters. The lowest BCUT2D eigenvalue weighted by atomic mass is 10.1. The van der Waals surface area contributed by atoms with Crippen molar-refractivity contribution < 1.29 is 17.2 Å². The molecule has 0 saturated heterocycles. The van der Waals surface area contributed by atoms with Crippen LogP contribution in [-0.4, -0.2) is 8.42 Å². The summed E-state index contributed by atoms with van der Waals surface area (Å²) in [5.41, 5.74) is 2.85. The molecule has 0 aromatic heterocycles. The Hall–Kier alpha value is -1.79. The van der Waals surface area contributed by atoms with E-state index in [0.29, 0.717) is 6.07 Å². The Morgan fingerprint density at radius 3 is 2.14 bits per heavy atom. The molecule has 2 rings (SSSR count). The zero-order valence-electron chi connectivity index (χ0n) is 11.7. The number of rotatable bonds is 4. The van der Waals surface area contributed by atoms with Gasteiger partial charge in [-0.05, 0) is 37.6 Å². The molecule has 0 heterocycles. The predicted molar refractivity (Wildman–Crippen MR) is 76.3 cm³/mol. The maximum Gasteiger partial charge on any atom is 0.240 e. The first-order valence-electron chi connectivity index (χ1n) is 6.30. The van der Waals surface area contributed by atoms with Crippen molar-refractivity contribution >= 4 is 10.0 Å². The van der Waals surface area contributed by atoms with Gasteiger partial charge in [0.15, 0.2) is 11.6 Å². The number of benzene rings is 2. The van der Waals surface area contributed by atoms with E-state index in [1.54, 1.807) is 0 Å². The van der Waals surface area contributed by atoms with Gasteiger partial charge in [0.05, 0.1) is 4.90 Å². The second kappa shape index (κ2) is 5.91. The molecule has 0 aliphatic carbocycles. The van der Waals surface area contributed by atoms with Crippen molar-refractivity contribution in [3.8, 4) is 0 Å². The summed E-state index contributed by atoms with van der Waals surface area (Å²) in [4.78, 5) is -0.300. The molecule has 3 nitrogen and oxygen atoms in total. The third kappa shape index (κ3) is 3.86. The molecule has 0 radical (unpaired) electrons. The highest BCUT2D eigenvalue weighted by atomic mass is 32.2.